The Bertz CT molecular complexity index is 301. The predicted octanol–water partition coefficient (Wildman–Crippen LogP) is 3.16. The smallest absolute Gasteiger partial charge is 0.199 e. The molecule has 0 N–H and O–H groups in total. The van der Waals surface area contributed by atoms with Crippen LogP contribution in [0.15, 0.2) is 23.6 Å². The second-order valence-electron chi connectivity index (χ2n) is 2.21. The first-order valence-corrected chi connectivity index (χ1v) is 4.32. The number of Topliss-reactive ketones (excluding diaryl/α,β-unsaturated/α-hetero) is 1. The molecular weight excluding hydrogens is 180 g/mol. The third kappa shape index (κ3) is 1.70. The monoisotopic (exact) mass is 186 g/mol. The molecule has 0 saturated heterocycles. The second kappa shape index (κ2) is 3.20. The molecule has 0 aliphatic carbocycles. The maximum absolute atomic E-state index is 11.3. The number of hydrogen-bond acceptors (Lipinski definition) is 2. The molecule has 1 aromatic heterocycles. The van der Waals surface area contributed by atoms with E-state index < -0.39 is 0 Å². The Kier molecular flexibility index (Phi) is 2.47. The zero-order valence-electron chi connectivity index (χ0n) is 6.06. The molecule has 1 nitrogen and oxygen atoms in total. The normalized spacial score (nSPS) is 9.64. The number of carbonyl (C=O) groups is 1. The van der Waals surface area contributed by atoms with E-state index in [4.69, 9.17) is 11.6 Å². The molecule has 0 aromatic carbocycles. The molecule has 0 spiro atoms. The van der Waals surface area contributed by atoms with Crippen LogP contribution < -0.4 is 0 Å². The van der Waals surface area contributed by atoms with Gasteiger partial charge in [-0.2, -0.15) is 0 Å². The average molecular weight is 187 g/mol. The SMILES string of the molecule is C=C(C)C(=O)c1sccc1Cl. The van der Waals surface area contributed by atoms with Crippen molar-refractivity contribution in [1.82, 2.24) is 0 Å². The Balaban J connectivity index is 3.02. The Morgan fingerprint density at radius 3 is 2.73 bits per heavy atom. The molecule has 0 aliphatic rings. The fraction of sp³-hybridized carbons (Fsp3) is 0.125. The van der Waals surface area contributed by atoms with Gasteiger partial charge in [0.25, 0.3) is 0 Å². The van der Waals surface area contributed by atoms with Gasteiger partial charge in [0.2, 0.25) is 0 Å². The highest BCUT2D eigenvalue weighted by Crippen LogP contribution is 2.24. The molecule has 58 valence electrons. The first-order valence-electron chi connectivity index (χ1n) is 3.06. The van der Waals surface area contributed by atoms with Gasteiger partial charge in [-0.25, -0.2) is 0 Å². The Labute approximate surface area is 74.3 Å². The number of allylic oxidation sites excluding steroid dienone is 1. The lowest BCUT2D eigenvalue weighted by atomic mass is 10.2. The van der Waals surface area contributed by atoms with Crippen LogP contribution in [-0.2, 0) is 0 Å². The lowest BCUT2D eigenvalue weighted by molar-refractivity contribution is 0.103. The molecule has 0 bridgehead atoms. The summed E-state index contributed by atoms with van der Waals surface area (Å²) in [6, 6.07) is 1.71. The fourth-order valence-corrected chi connectivity index (χ4v) is 1.81. The van der Waals surface area contributed by atoms with Crippen molar-refractivity contribution in [2.24, 2.45) is 0 Å². The number of rotatable bonds is 2. The van der Waals surface area contributed by atoms with Gasteiger partial charge >= 0.3 is 0 Å². The summed E-state index contributed by atoms with van der Waals surface area (Å²) in [5, 5.41) is 2.31. The van der Waals surface area contributed by atoms with Crippen molar-refractivity contribution in [3.63, 3.8) is 0 Å². The van der Waals surface area contributed by atoms with Gasteiger partial charge in [-0.1, -0.05) is 18.2 Å². The Morgan fingerprint density at radius 2 is 2.36 bits per heavy atom. The largest absolute Gasteiger partial charge is 0.288 e. The molecule has 1 aromatic rings. The molecule has 11 heavy (non-hydrogen) atoms. The van der Waals surface area contributed by atoms with E-state index in [1.165, 1.54) is 11.3 Å². The minimum atomic E-state index is -0.0648. The molecule has 0 fully saturated rings. The van der Waals surface area contributed by atoms with Crippen LogP contribution in [0.2, 0.25) is 5.02 Å². The fourth-order valence-electron chi connectivity index (χ4n) is 0.650. The maximum atomic E-state index is 11.3. The lowest BCUT2D eigenvalue weighted by Crippen LogP contribution is -1.96. The van der Waals surface area contributed by atoms with Crippen LogP contribution in [0.1, 0.15) is 16.6 Å². The number of hydrogen-bond donors (Lipinski definition) is 0. The van der Waals surface area contributed by atoms with E-state index in [0.29, 0.717) is 15.5 Å². The summed E-state index contributed by atoms with van der Waals surface area (Å²) >= 11 is 7.07. The average Bonchev–Trinajstić information content (AvgIpc) is 2.33. The van der Waals surface area contributed by atoms with E-state index in [1.54, 1.807) is 18.4 Å². The lowest BCUT2D eigenvalue weighted by Gasteiger charge is -1.94. The van der Waals surface area contributed by atoms with Crippen LogP contribution in [0.25, 0.3) is 0 Å². The van der Waals surface area contributed by atoms with E-state index in [9.17, 15) is 4.79 Å². The number of ketones is 1. The Hall–Kier alpha value is -0.600. The first-order chi connectivity index (χ1) is 5.13. The molecule has 1 rings (SSSR count). The number of carbonyl (C=O) groups excluding carboxylic acids is 1. The highest BCUT2D eigenvalue weighted by Gasteiger charge is 2.11. The molecule has 3 heteroatoms. The predicted molar refractivity (Wildman–Crippen MR) is 48.5 cm³/mol. The molecule has 0 saturated carbocycles. The van der Waals surface area contributed by atoms with Gasteiger partial charge in [-0.3, -0.25) is 4.79 Å². The first kappa shape index (κ1) is 8.50. The van der Waals surface area contributed by atoms with Gasteiger partial charge in [-0.05, 0) is 23.9 Å². The number of thiophene rings is 1. The van der Waals surface area contributed by atoms with Gasteiger partial charge in [0.05, 0.1) is 9.90 Å². The van der Waals surface area contributed by atoms with Gasteiger partial charge in [-0.15, -0.1) is 11.3 Å². The van der Waals surface area contributed by atoms with E-state index >= 15 is 0 Å². The standard InChI is InChI=1S/C8H7ClOS/c1-5(2)7(10)8-6(9)3-4-11-8/h3-4H,1H2,2H3. The van der Waals surface area contributed by atoms with Crippen LogP contribution in [0, 0.1) is 0 Å². The van der Waals surface area contributed by atoms with Crippen molar-refractivity contribution in [3.8, 4) is 0 Å². The highest BCUT2D eigenvalue weighted by molar-refractivity contribution is 7.13. The van der Waals surface area contributed by atoms with E-state index in [1.807, 2.05) is 0 Å². The van der Waals surface area contributed by atoms with E-state index in [-0.39, 0.29) is 5.78 Å². The molecule has 0 unspecified atom stereocenters. The molecule has 0 amide bonds. The summed E-state index contributed by atoms with van der Waals surface area (Å²) in [6.45, 7) is 5.23. The summed E-state index contributed by atoms with van der Waals surface area (Å²) in [7, 11) is 0. The van der Waals surface area contributed by atoms with Crippen LogP contribution in [0.3, 0.4) is 0 Å². The van der Waals surface area contributed by atoms with Crippen LogP contribution in [0.4, 0.5) is 0 Å². The Morgan fingerprint density at radius 1 is 1.73 bits per heavy atom. The van der Waals surface area contributed by atoms with Crippen LogP contribution >= 0.6 is 22.9 Å². The van der Waals surface area contributed by atoms with E-state index in [0.717, 1.165) is 0 Å². The van der Waals surface area contributed by atoms with E-state index in [2.05, 4.69) is 6.58 Å². The minimum Gasteiger partial charge on any atom is -0.288 e. The quantitative estimate of drug-likeness (QED) is 0.512. The van der Waals surface area contributed by atoms with Gasteiger partial charge in [0.15, 0.2) is 5.78 Å². The molecule has 0 atom stereocenters. The summed E-state index contributed by atoms with van der Waals surface area (Å²) < 4.78 is 0. The number of halogens is 1. The molecular formula is C8H7ClOS. The van der Waals surface area contributed by atoms with Crippen molar-refractivity contribution in [2.75, 3.05) is 0 Å². The zero-order valence-corrected chi connectivity index (χ0v) is 7.63. The highest BCUT2D eigenvalue weighted by atomic mass is 35.5. The molecule has 0 radical (unpaired) electrons. The van der Waals surface area contributed by atoms with Crippen LogP contribution in [0.5, 0.6) is 0 Å². The van der Waals surface area contributed by atoms with Gasteiger partial charge in [0.1, 0.15) is 0 Å². The van der Waals surface area contributed by atoms with Crippen molar-refractivity contribution < 1.29 is 4.79 Å². The van der Waals surface area contributed by atoms with Crippen molar-refractivity contribution in [3.05, 3.63) is 33.5 Å². The third-order valence-corrected chi connectivity index (χ3v) is 2.55. The van der Waals surface area contributed by atoms with Gasteiger partial charge in [0, 0.05) is 0 Å². The second-order valence-corrected chi connectivity index (χ2v) is 3.53. The third-order valence-electron chi connectivity index (χ3n) is 1.21. The topological polar surface area (TPSA) is 17.1 Å². The van der Waals surface area contributed by atoms with Crippen molar-refractivity contribution in [1.29, 1.82) is 0 Å². The molecule has 1 heterocycles. The van der Waals surface area contributed by atoms with Gasteiger partial charge < -0.3 is 0 Å². The summed E-state index contributed by atoms with van der Waals surface area (Å²) in [4.78, 5) is 11.8. The zero-order chi connectivity index (χ0) is 8.43. The van der Waals surface area contributed by atoms with Crippen molar-refractivity contribution >= 4 is 28.7 Å². The summed E-state index contributed by atoms with van der Waals surface area (Å²) in [5.74, 6) is -0.0648. The van der Waals surface area contributed by atoms with Crippen molar-refractivity contribution in [2.45, 2.75) is 6.92 Å². The molecule has 0 aliphatic heterocycles. The van der Waals surface area contributed by atoms with Crippen LogP contribution in [-0.4, -0.2) is 5.78 Å². The maximum Gasteiger partial charge on any atom is 0.199 e. The minimum absolute atomic E-state index is 0.0648. The summed E-state index contributed by atoms with van der Waals surface area (Å²) in [6.07, 6.45) is 0. The summed E-state index contributed by atoms with van der Waals surface area (Å²) in [5.41, 5.74) is 0.523.